The molecule has 0 radical (unpaired) electrons. The van der Waals surface area contributed by atoms with Gasteiger partial charge in [-0.3, -0.25) is 4.79 Å². The van der Waals surface area contributed by atoms with E-state index >= 15 is 0 Å². The summed E-state index contributed by atoms with van der Waals surface area (Å²) in [6.45, 7) is 1.73. The lowest BCUT2D eigenvalue weighted by atomic mass is 9.66. The number of Topliss-reactive ketones (excluding diaryl/α,β-unsaturated/α-hetero) is 1. The monoisotopic (exact) mass is 274 g/mol. The Morgan fingerprint density at radius 3 is 2.60 bits per heavy atom. The molecule has 3 atom stereocenters. The van der Waals surface area contributed by atoms with Crippen molar-refractivity contribution < 1.29 is 9.18 Å². The van der Waals surface area contributed by atoms with Crippen LogP contribution in [0.5, 0.6) is 0 Å². The molecule has 20 heavy (non-hydrogen) atoms. The van der Waals surface area contributed by atoms with E-state index in [1.165, 1.54) is 38.2 Å². The third-order valence-electron chi connectivity index (χ3n) is 5.35. The maximum Gasteiger partial charge on any atom is 0.165 e. The molecule has 0 aliphatic heterocycles. The number of aryl methyl sites for hydroxylation is 1. The number of hydrogen-bond acceptors (Lipinski definition) is 1. The van der Waals surface area contributed by atoms with Crippen LogP contribution >= 0.6 is 0 Å². The number of rotatable bonds is 2. The Balaban J connectivity index is 1.72. The maximum atomic E-state index is 13.3. The molecule has 0 N–H and O–H groups in total. The van der Waals surface area contributed by atoms with Gasteiger partial charge in [0.25, 0.3) is 0 Å². The second-order valence-electron chi connectivity index (χ2n) is 6.64. The van der Waals surface area contributed by atoms with Crippen LogP contribution in [-0.2, 0) is 0 Å². The molecule has 2 saturated carbocycles. The maximum absolute atomic E-state index is 13.3. The van der Waals surface area contributed by atoms with Gasteiger partial charge < -0.3 is 0 Å². The molecule has 0 spiro atoms. The minimum atomic E-state index is -0.225. The van der Waals surface area contributed by atoms with E-state index in [4.69, 9.17) is 0 Å². The largest absolute Gasteiger partial charge is 0.294 e. The molecular weight excluding hydrogens is 251 g/mol. The second-order valence-corrected chi connectivity index (χ2v) is 6.64. The van der Waals surface area contributed by atoms with Gasteiger partial charge in [0, 0.05) is 11.5 Å². The zero-order valence-electron chi connectivity index (χ0n) is 12.2. The van der Waals surface area contributed by atoms with E-state index in [2.05, 4.69) is 0 Å². The van der Waals surface area contributed by atoms with Gasteiger partial charge in [-0.2, -0.15) is 0 Å². The molecule has 2 aliphatic rings. The molecule has 0 heterocycles. The fourth-order valence-electron chi connectivity index (χ4n) is 4.15. The van der Waals surface area contributed by atoms with E-state index in [1.54, 1.807) is 19.1 Å². The highest BCUT2D eigenvalue weighted by molar-refractivity contribution is 5.98. The summed E-state index contributed by atoms with van der Waals surface area (Å²) >= 11 is 0. The van der Waals surface area contributed by atoms with Gasteiger partial charge in [-0.25, -0.2) is 4.39 Å². The Labute approximate surface area is 120 Å². The molecule has 2 heteroatoms. The standard InChI is InChI=1S/C18H23FO/c1-12-10-15(8-9-17(12)19)18(20)16-7-6-13-4-2-3-5-14(13)11-16/h8-10,13-14,16H,2-7,11H2,1H3. The normalized spacial score (nSPS) is 29.8. The molecule has 2 fully saturated rings. The summed E-state index contributed by atoms with van der Waals surface area (Å²) in [5, 5.41) is 0. The first-order chi connectivity index (χ1) is 9.65. The quantitative estimate of drug-likeness (QED) is 0.699. The molecule has 108 valence electrons. The number of carbonyl (C=O) groups excluding carboxylic acids is 1. The van der Waals surface area contributed by atoms with Crippen molar-refractivity contribution in [2.75, 3.05) is 0 Å². The summed E-state index contributed by atoms with van der Waals surface area (Å²) < 4.78 is 13.3. The Hall–Kier alpha value is -1.18. The van der Waals surface area contributed by atoms with Crippen molar-refractivity contribution >= 4 is 5.78 Å². The fraction of sp³-hybridized carbons (Fsp3) is 0.611. The van der Waals surface area contributed by atoms with Crippen LogP contribution in [0.2, 0.25) is 0 Å². The molecule has 0 bridgehead atoms. The molecule has 0 aromatic heterocycles. The molecular formula is C18H23FO. The number of halogens is 1. The van der Waals surface area contributed by atoms with Crippen molar-refractivity contribution in [3.8, 4) is 0 Å². The van der Waals surface area contributed by atoms with E-state index in [9.17, 15) is 9.18 Å². The Kier molecular flexibility index (Phi) is 3.91. The minimum absolute atomic E-state index is 0.166. The lowest BCUT2D eigenvalue weighted by Crippen LogP contribution is -2.31. The second kappa shape index (κ2) is 5.67. The number of hydrogen-bond donors (Lipinski definition) is 0. The van der Waals surface area contributed by atoms with Gasteiger partial charge in [0.1, 0.15) is 5.82 Å². The highest BCUT2D eigenvalue weighted by atomic mass is 19.1. The van der Waals surface area contributed by atoms with Crippen LogP contribution in [0.3, 0.4) is 0 Å². The average Bonchev–Trinajstić information content (AvgIpc) is 2.49. The zero-order chi connectivity index (χ0) is 14.1. The van der Waals surface area contributed by atoms with Crippen LogP contribution in [0.1, 0.15) is 60.9 Å². The molecule has 3 rings (SSSR count). The lowest BCUT2D eigenvalue weighted by Gasteiger charge is -2.38. The summed E-state index contributed by atoms with van der Waals surface area (Å²) in [5.41, 5.74) is 1.27. The predicted molar refractivity (Wildman–Crippen MR) is 78.3 cm³/mol. The Morgan fingerprint density at radius 1 is 1.10 bits per heavy atom. The zero-order valence-corrected chi connectivity index (χ0v) is 12.2. The van der Waals surface area contributed by atoms with Crippen molar-refractivity contribution in [2.45, 2.75) is 51.9 Å². The molecule has 0 amide bonds. The van der Waals surface area contributed by atoms with Gasteiger partial charge in [-0.1, -0.05) is 25.7 Å². The molecule has 3 unspecified atom stereocenters. The Morgan fingerprint density at radius 2 is 1.85 bits per heavy atom. The van der Waals surface area contributed by atoms with Crippen LogP contribution in [0.15, 0.2) is 18.2 Å². The van der Waals surface area contributed by atoms with Gasteiger partial charge >= 0.3 is 0 Å². The highest BCUT2D eigenvalue weighted by Gasteiger charge is 2.35. The third-order valence-corrected chi connectivity index (χ3v) is 5.35. The van der Waals surface area contributed by atoms with Crippen molar-refractivity contribution in [3.63, 3.8) is 0 Å². The first kappa shape index (κ1) is 13.8. The average molecular weight is 274 g/mol. The predicted octanol–water partition coefficient (Wildman–Crippen LogP) is 4.92. The third kappa shape index (κ3) is 2.65. The van der Waals surface area contributed by atoms with E-state index in [1.807, 2.05) is 0 Å². The topological polar surface area (TPSA) is 17.1 Å². The van der Waals surface area contributed by atoms with Gasteiger partial charge in [0.2, 0.25) is 0 Å². The summed E-state index contributed by atoms with van der Waals surface area (Å²) in [6, 6.07) is 4.79. The SMILES string of the molecule is Cc1cc(C(=O)C2CCC3CCCCC3C2)ccc1F. The molecule has 1 aromatic carbocycles. The summed E-state index contributed by atoms with van der Waals surface area (Å²) in [4.78, 5) is 12.6. The van der Waals surface area contributed by atoms with Gasteiger partial charge in [0.15, 0.2) is 5.78 Å². The molecule has 1 nitrogen and oxygen atoms in total. The van der Waals surface area contributed by atoms with Gasteiger partial charge in [-0.15, -0.1) is 0 Å². The summed E-state index contributed by atoms with van der Waals surface area (Å²) in [6.07, 6.45) is 8.66. The smallest absolute Gasteiger partial charge is 0.165 e. The molecule has 0 saturated heterocycles. The van der Waals surface area contributed by atoms with Crippen LogP contribution in [-0.4, -0.2) is 5.78 Å². The minimum Gasteiger partial charge on any atom is -0.294 e. The van der Waals surface area contributed by atoms with Crippen LogP contribution < -0.4 is 0 Å². The van der Waals surface area contributed by atoms with Crippen LogP contribution in [0.4, 0.5) is 4.39 Å². The first-order valence-electron chi connectivity index (χ1n) is 7.95. The van der Waals surface area contributed by atoms with Crippen LogP contribution in [0.25, 0.3) is 0 Å². The van der Waals surface area contributed by atoms with Crippen molar-refractivity contribution in [1.29, 1.82) is 0 Å². The van der Waals surface area contributed by atoms with Crippen LogP contribution in [0, 0.1) is 30.5 Å². The molecule has 1 aromatic rings. The van der Waals surface area contributed by atoms with E-state index in [-0.39, 0.29) is 17.5 Å². The number of ketones is 1. The fourth-order valence-corrected chi connectivity index (χ4v) is 4.15. The lowest BCUT2D eigenvalue weighted by molar-refractivity contribution is 0.0763. The van der Waals surface area contributed by atoms with Gasteiger partial charge in [0.05, 0.1) is 0 Å². The number of benzene rings is 1. The van der Waals surface area contributed by atoms with Crippen molar-refractivity contribution in [2.24, 2.45) is 17.8 Å². The Bertz CT molecular complexity index is 508. The van der Waals surface area contributed by atoms with E-state index in [0.717, 1.165) is 24.7 Å². The van der Waals surface area contributed by atoms with Crippen molar-refractivity contribution in [3.05, 3.63) is 35.1 Å². The van der Waals surface area contributed by atoms with E-state index in [0.29, 0.717) is 11.1 Å². The summed E-state index contributed by atoms with van der Waals surface area (Å²) in [5.74, 6) is 1.80. The van der Waals surface area contributed by atoms with Crippen molar-refractivity contribution in [1.82, 2.24) is 0 Å². The molecule has 2 aliphatic carbocycles. The van der Waals surface area contributed by atoms with E-state index < -0.39 is 0 Å². The van der Waals surface area contributed by atoms with Gasteiger partial charge in [-0.05, 0) is 61.8 Å². The highest BCUT2D eigenvalue weighted by Crippen LogP contribution is 2.43. The summed E-state index contributed by atoms with van der Waals surface area (Å²) in [7, 11) is 0. The number of carbonyl (C=O) groups is 1. The number of fused-ring (bicyclic) bond motifs is 1. The first-order valence-corrected chi connectivity index (χ1v) is 7.95.